The number of carbonyl (C=O) groups is 2. The number of benzene rings is 1. The van der Waals surface area contributed by atoms with Crippen molar-refractivity contribution in [2.75, 3.05) is 31.6 Å². The predicted molar refractivity (Wildman–Crippen MR) is 78.9 cm³/mol. The SMILES string of the molecule is CN(CCC(=O)O)CC(=O)N1CCc2ccc([N+](=O)[O-])cc21. The van der Waals surface area contributed by atoms with Crippen LogP contribution in [0.5, 0.6) is 0 Å². The molecule has 0 fully saturated rings. The molecule has 1 heterocycles. The summed E-state index contributed by atoms with van der Waals surface area (Å²) in [5.74, 6) is -1.10. The molecule has 8 nitrogen and oxygen atoms in total. The first-order chi connectivity index (χ1) is 10.4. The Morgan fingerprint density at radius 3 is 2.82 bits per heavy atom. The van der Waals surface area contributed by atoms with E-state index in [-0.39, 0.29) is 31.1 Å². The van der Waals surface area contributed by atoms with Gasteiger partial charge in [0.2, 0.25) is 5.91 Å². The van der Waals surface area contributed by atoms with Crippen LogP contribution in [0.2, 0.25) is 0 Å². The highest BCUT2D eigenvalue weighted by atomic mass is 16.6. The maximum atomic E-state index is 12.3. The van der Waals surface area contributed by atoms with Crippen molar-refractivity contribution >= 4 is 23.3 Å². The van der Waals surface area contributed by atoms with Gasteiger partial charge in [0.05, 0.1) is 23.6 Å². The van der Waals surface area contributed by atoms with Gasteiger partial charge < -0.3 is 10.0 Å². The van der Waals surface area contributed by atoms with Gasteiger partial charge in [0.25, 0.3) is 5.69 Å². The molecule has 0 aromatic heterocycles. The Labute approximate surface area is 127 Å². The van der Waals surface area contributed by atoms with Gasteiger partial charge in [-0.15, -0.1) is 0 Å². The third kappa shape index (κ3) is 3.59. The number of nitrogens with zero attached hydrogens (tertiary/aromatic N) is 3. The van der Waals surface area contributed by atoms with Crippen molar-refractivity contribution in [2.24, 2.45) is 0 Å². The van der Waals surface area contributed by atoms with Gasteiger partial charge in [-0.2, -0.15) is 0 Å². The zero-order valence-electron chi connectivity index (χ0n) is 12.2. The van der Waals surface area contributed by atoms with Gasteiger partial charge in [-0.25, -0.2) is 0 Å². The third-order valence-corrected chi connectivity index (χ3v) is 3.59. The standard InChI is InChI=1S/C14H17N3O5/c1-15(6-5-14(19)20)9-13(18)16-7-4-10-2-3-11(17(21)22)8-12(10)16/h2-3,8H,4-7,9H2,1H3,(H,19,20). The van der Waals surface area contributed by atoms with Crippen LogP contribution in [0.25, 0.3) is 0 Å². The van der Waals surface area contributed by atoms with Crippen molar-refractivity contribution in [3.63, 3.8) is 0 Å². The van der Waals surface area contributed by atoms with Crippen molar-refractivity contribution in [3.05, 3.63) is 33.9 Å². The van der Waals surface area contributed by atoms with E-state index >= 15 is 0 Å². The van der Waals surface area contributed by atoms with E-state index in [0.717, 1.165) is 5.56 Å². The van der Waals surface area contributed by atoms with Gasteiger partial charge in [-0.3, -0.25) is 24.6 Å². The highest BCUT2D eigenvalue weighted by molar-refractivity contribution is 5.97. The molecular formula is C14H17N3O5. The first kappa shape index (κ1) is 15.9. The van der Waals surface area contributed by atoms with Gasteiger partial charge in [-0.05, 0) is 19.0 Å². The summed E-state index contributed by atoms with van der Waals surface area (Å²) in [5, 5.41) is 19.5. The molecule has 1 aromatic rings. The molecule has 0 saturated heterocycles. The molecule has 0 aliphatic carbocycles. The maximum Gasteiger partial charge on any atom is 0.304 e. The first-order valence-corrected chi connectivity index (χ1v) is 6.86. The van der Waals surface area contributed by atoms with Crippen molar-refractivity contribution < 1.29 is 19.6 Å². The Balaban J connectivity index is 2.06. The number of carbonyl (C=O) groups excluding carboxylic acids is 1. The van der Waals surface area contributed by atoms with E-state index in [1.807, 2.05) is 0 Å². The maximum absolute atomic E-state index is 12.3. The minimum Gasteiger partial charge on any atom is -0.481 e. The normalized spacial score (nSPS) is 13.3. The number of hydrogen-bond acceptors (Lipinski definition) is 5. The van der Waals surface area contributed by atoms with Crippen LogP contribution < -0.4 is 4.90 Å². The second-order valence-corrected chi connectivity index (χ2v) is 5.25. The van der Waals surface area contributed by atoms with E-state index in [9.17, 15) is 19.7 Å². The van der Waals surface area contributed by atoms with Crippen LogP contribution in [0.15, 0.2) is 18.2 Å². The van der Waals surface area contributed by atoms with Crippen LogP contribution in [-0.4, -0.2) is 53.5 Å². The van der Waals surface area contributed by atoms with Gasteiger partial charge in [0, 0.05) is 25.2 Å². The largest absolute Gasteiger partial charge is 0.481 e. The number of amides is 1. The molecule has 1 aliphatic heterocycles. The van der Waals surface area contributed by atoms with E-state index in [1.54, 1.807) is 18.0 Å². The number of nitro groups is 1. The van der Waals surface area contributed by atoms with Gasteiger partial charge in [0.15, 0.2) is 0 Å². The van der Waals surface area contributed by atoms with E-state index in [4.69, 9.17) is 5.11 Å². The lowest BCUT2D eigenvalue weighted by Crippen LogP contribution is -2.38. The minimum absolute atomic E-state index is 0.0359. The van der Waals surface area contributed by atoms with Gasteiger partial charge >= 0.3 is 5.97 Å². The number of hydrogen-bond donors (Lipinski definition) is 1. The number of non-ortho nitro benzene ring substituents is 1. The van der Waals surface area contributed by atoms with Crippen LogP contribution in [0.1, 0.15) is 12.0 Å². The van der Waals surface area contributed by atoms with Crippen LogP contribution in [0.3, 0.4) is 0 Å². The summed E-state index contributed by atoms with van der Waals surface area (Å²) < 4.78 is 0. The molecule has 2 rings (SSSR count). The van der Waals surface area contributed by atoms with Gasteiger partial charge in [0.1, 0.15) is 0 Å². The van der Waals surface area contributed by atoms with Crippen molar-refractivity contribution in [2.45, 2.75) is 12.8 Å². The zero-order valence-corrected chi connectivity index (χ0v) is 12.2. The summed E-state index contributed by atoms with van der Waals surface area (Å²) in [6.07, 6.45) is 0.629. The summed E-state index contributed by atoms with van der Waals surface area (Å²) in [7, 11) is 1.67. The van der Waals surface area contributed by atoms with E-state index in [1.165, 1.54) is 17.0 Å². The molecule has 118 valence electrons. The fourth-order valence-electron chi connectivity index (χ4n) is 2.42. The molecule has 1 amide bonds. The summed E-state index contributed by atoms with van der Waals surface area (Å²) in [4.78, 5) is 36.4. The number of carboxylic acid groups (broad SMARTS) is 1. The highest BCUT2D eigenvalue weighted by Crippen LogP contribution is 2.31. The molecule has 1 aromatic carbocycles. The number of carboxylic acids is 1. The number of nitro benzene ring substituents is 1. The zero-order chi connectivity index (χ0) is 16.3. The molecule has 1 aliphatic rings. The average Bonchev–Trinajstić information content (AvgIpc) is 2.87. The Morgan fingerprint density at radius 2 is 2.18 bits per heavy atom. The lowest BCUT2D eigenvalue weighted by molar-refractivity contribution is -0.384. The van der Waals surface area contributed by atoms with Crippen LogP contribution in [-0.2, 0) is 16.0 Å². The molecule has 0 bridgehead atoms. The van der Waals surface area contributed by atoms with Crippen LogP contribution in [0.4, 0.5) is 11.4 Å². The molecule has 0 spiro atoms. The Morgan fingerprint density at radius 1 is 1.45 bits per heavy atom. The lowest BCUT2D eigenvalue weighted by atomic mass is 10.1. The summed E-state index contributed by atoms with van der Waals surface area (Å²) in [6, 6.07) is 4.53. The quantitative estimate of drug-likeness (QED) is 0.618. The first-order valence-electron chi connectivity index (χ1n) is 6.86. The number of anilines is 1. The third-order valence-electron chi connectivity index (χ3n) is 3.59. The Kier molecular flexibility index (Phi) is 4.71. The highest BCUT2D eigenvalue weighted by Gasteiger charge is 2.27. The van der Waals surface area contributed by atoms with Crippen molar-refractivity contribution in [1.82, 2.24) is 4.90 Å². The second-order valence-electron chi connectivity index (χ2n) is 5.25. The Hall–Kier alpha value is -2.48. The molecule has 0 atom stereocenters. The fraction of sp³-hybridized carbons (Fsp3) is 0.429. The van der Waals surface area contributed by atoms with Crippen LogP contribution >= 0.6 is 0 Å². The smallest absolute Gasteiger partial charge is 0.304 e. The molecule has 22 heavy (non-hydrogen) atoms. The molecule has 0 saturated carbocycles. The van der Waals surface area contributed by atoms with E-state index in [0.29, 0.717) is 18.7 Å². The average molecular weight is 307 g/mol. The Bertz CT molecular complexity index is 616. The van der Waals surface area contributed by atoms with Gasteiger partial charge in [-0.1, -0.05) is 6.07 Å². The molecule has 8 heteroatoms. The number of rotatable bonds is 6. The predicted octanol–water partition coefficient (Wildman–Crippen LogP) is 0.890. The minimum atomic E-state index is -0.915. The molecule has 0 unspecified atom stereocenters. The fourth-order valence-corrected chi connectivity index (χ4v) is 2.42. The number of likely N-dealkylation sites (N-methyl/N-ethyl adjacent to an activating group) is 1. The van der Waals surface area contributed by atoms with Crippen molar-refractivity contribution in [3.8, 4) is 0 Å². The van der Waals surface area contributed by atoms with Crippen LogP contribution in [0, 0.1) is 10.1 Å². The number of aliphatic carboxylic acids is 1. The lowest BCUT2D eigenvalue weighted by Gasteiger charge is -2.21. The summed E-state index contributed by atoms with van der Waals surface area (Å²) in [5.41, 5.74) is 1.44. The molecular weight excluding hydrogens is 290 g/mol. The monoisotopic (exact) mass is 307 g/mol. The van der Waals surface area contributed by atoms with E-state index in [2.05, 4.69) is 0 Å². The molecule has 1 N–H and O–H groups in total. The molecule has 0 radical (unpaired) electrons. The number of fused-ring (bicyclic) bond motifs is 1. The topological polar surface area (TPSA) is 104 Å². The van der Waals surface area contributed by atoms with Crippen molar-refractivity contribution in [1.29, 1.82) is 0 Å². The van der Waals surface area contributed by atoms with E-state index < -0.39 is 10.9 Å². The summed E-state index contributed by atoms with van der Waals surface area (Å²) >= 11 is 0. The summed E-state index contributed by atoms with van der Waals surface area (Å²) in [6.45, 7) is 0.841. The second kappa shape index (κ2) is 6.52.